The average molecular weight is 230 g/mol. The Morgan fingerprint density at radius 1 is 1.06 bits per heavy atom. The highest BCUT2D eigenvalue weighted by molar-refractivity contribution is 5.56. The first-order valence-electron chi connectivity index (χ1n) is 5.28. The molecule has 0 atom stereocenters. The van der Waals surface area contributed by atoms with Crippen LogP contribution in [-0.4, -0.2) is 29.1 Å². The molecule has 2 aromatic rings. The summed E-state index contributed by atoms with van der Waals surface area (Å²) in [5, 5.41) is 2.88. The maximum absolute atomic E-state index is 5.04. The van der Waals surface area contributed by atoms with Gasteiger partial charge in [-0.2, -0.15) is 15.0 Å². The van der Waals surface area contributed by atoms with E-state index in [0.717, 1.165) is 5.56 Å². The van der Waals surface area contributed by atoms with Gasteiger partial charge in [-0.25, -0.2) is 0 Å². The fraction of sp³-hybridized carbons (Fsp3) is 0.250. The Balaban J connectivity index is 2.46. The van der Waals surface area contributed by atoms with Crippen molar-refractivity contribution in [2.75, 3.05) is 19.5 Å². The van der Waals surface area contributed by atoms with E-state index in [9.17, 15) is 0 Å². The van der Waals surface area contributed by atoms with E-state index < -0.39 is 0 Å². The third-order valence-corrected chi connectivity index (χ3v) is 2.33. The molecule has 0 unspecified atom stereocenters. The van der Waals surface area contributed by atoms with Gasteiger partial charge in [0.2, 0.25) is 5.95 Å². The van der Waals surface area contributed by atoms with Crippen molar-refractivity contribution < 1.29 is 4.74 Å². The molecule has 0 amide bonds. The number of hydrogen-bond donors (Lipinski definition) is 1. The summed E-state index contributed by atoms with van der Waals surface area (Å²) in [5.41, 5.74) is 2.14. The molecule has 5 heteroatoms. The number of aryl methyl sites for hydroxylation is 1. The highest BCUT2D eigenvalue weighted by Gasteiger charge is 2.07. The van der Waals surface area contributed by atoms with Crippen LogP contribution in [0.4, 0.5) is 5.95 Å². The van der Waals surface area contributed by atoms with Gasteiger partial charge in [-0.3, -0.25) is 0 Å². The quantitative estimate of drug-likeness (QED) is 0.872. The lowest BCUT2D eigenvalue weighted by molar-refractivity contribution is 0.379. The van der Waals surface area contributed by atoms with E-state index in [4.69, 9.17) is 4.74 Å². The van der Waals surface area contributed by atoms with Crippen LogP contribution in [0.15, 0.2) is 24.3 Å². The average Bonchev–Trinajstić information content (AvgIpc) is 2.39. The van der Waals surface area contributed by atoms with E-state index in [2.05, 4.69) is 20.3 Å². The predicted octanol–water partition coefficient (Wildman–Crippen LogP) is 1.90. The van der Waals surface area contributed by atoms with Gasteiger partial charge in [0.25, 0.3) is 0 Å². The highest BCUT2D eigenvalue weighted by Crippen LogP contribution is 2.18. The second-order valence-electron chi connectivity index (χ2n) is 3.59. The van der Waals surface area contributed by atoms with Crippen molar-refractivity contribution in [3.63, 3.8) is 0 Å². The summed E-state index contributed by atoms with van der Waals surface area (Å²) < 4.78 is 5.04. The van der Waals surface area contributed by atoms with Crippen LogP contribution in [0.3, 0.4) is 0 Å². The van der Waals surface area contributed by atoms with Crippen LogP contribution in [0.5, 0.6) is 6.01 Å². The molecule has 0 saturated heterocycles. The minimum absolute atomic E-state index is 0.305. The molecule has 5 nitrogen and oxygen atoms in total. The maximum atomic E-state index is 5.04. The molecular weight excluding hydrogens is 216 g/mol. The Bertz CT molecular complexity index is 488. The van der Waals surface area contributed by atoms with E-state index in [1.54, 1.807) is 7.05 Å². The lowest BCUT2D eigenvalue weighted by Gasteiger charge is -2.05. The standard InChI is InChI=1S/C12H14N4O/c1-8-4-6-9(7-5-8)10-14-11(13-2)16-12(15-10)17-3/h4-7H,1-3H3,(H,13,14,15,16). The summed E-state index contributed by atoms with van der Waals surface area (Å²) >= 11 is 0. The first-order chi connectivity index (χ1) is 8.22. The zero-order valence-corrected chi connectivity index (χ0v) is 10.1. The molecule has 1 heterocycles. The van der Waals surface area contributed by atoms with Gasteiger partial charge in [0.05, 0.1) is 7.11 Å². The summed E-state index contributed by atoms with van der Waals surface area (Å²) in [6.07, 6.45) is 0. The van der Waals surface area contributed by atoms with Crippen LogP contribution >= 0.6 is 0 Å². The van der Waals surface area contributed by atoms with Crippen LogP contribution in [0.2, 0.25) is 0 Å². The van der Waals surface area contributed by atoms with Crippen molar-refractivity contribution in [3.05, 3.63) is 29.8 Å². The third-order valence-electron chi connectivity index (χ3n) is 2.33. The molecule has 0 spiro atoms. The van der Waals surface area contributed by atoms with Gasteiger partial charge >= 0.3 is 6.01 Å². The van der Waals surface area contributed by atoms with Gasteiger partial charge in [-0.15, -0.1) is 0 Å². The van der Waals surface area contributed by atoms with E-state index >= 15 is 0 Å². The molecule has 0 aliphatic carbocycles. The van der Waals surface area contributed by atoms with Gasteiger partial charge < -0.3 is 10.1 Å². The number of benzene rings is 1. The SMILES string of the molecule is CNc1nc(OC)nc(-c2ccc(C)cc2)n1. The first kappa shape index (κ1) is 11.3. The Labute approximate surface area is 99.9 Å². The number of aromatic nitrogens is 3. The summed E-state index contributed by atoms with van der Waals surface area (Å²) in [5.74, 6) is 1.09. The molecule has 1 aromatic carbocycles. The number of ether oxygens (including phenoxy) is 1. The summed E-state index contributed by atoms with van der Waals surface area (Å²) in [7, 11) is 3.29. The fourth-order valence-electron chi connectivity index (χ4n) is 1.39. The molecule has 17 heavy (non-hydrogen) atoms. The Hall–Kier alpha value is -2.17. The first-order valence-corrected chi connectivity index (χ1v) is 5.28. The number of methoxy groups -OCH3 is 1. The molecule has 1 aromatic heterocycles. The molecule has 0 saturated carbocycles. The number of anilines is 1. The topological polar surface area (TPSA) is 59.9 Å². The van der Waals surface area contributed by atoms with Gasteiger partial charge in [0.15, 0.2) is 5.82 Å². The second kappa shape index (κ2) is 4.78. The third kappa shape index (κ3) is 2.50. The molecule has 0 aliphatic heterocycles. The van der Waals surface area contributed by atoms with Crippen LogP contribution < -0.4 is 10.1 Å². The zero-order chi connectivity index (χ0) is 12.3. The fourth-order valence-corrected chi connectivity index (χ4v) is 1.39. The van der Waals surface area contributed by atoms with E-state index in [1.807, 2.05) is 31.2 Å². The van der Waals surface area contributed by atoms with Crippen molar-refractivity contribution in [3.8, 4) is 17.4 Å². The Morgan fingerprint density at radius 2 is 1.76 bits per heavy atom. The highest BCUT2D eigenvalue weighted by atomic mass is 16.5. The van der Waals surface area contributed by atoms with Crippen LogP contribution in [-0.2, 0) is 0 Å². The normalized spacial score (nSPS) is 10.1. The van der Waals surface area contributed by atoms with E-state index in [0.29, 0.717) is 17.8 Å². The van der Waals surface area contributed by atoms with Gasteiger partial charge in [-0.05, 0) is 6.92 Å². The largest absolute Gasteiger partial charge is 0.467 e. The lowest BCUT2D eigenvalue weighted by Crippen LogP contribution is -2.03. The Kier molecular flexibility index (Phi) is 3.18. The second-order valence-corrected chi connectivity index (χ2v) is 3.59. The summed E-state index contributed by atoms with van der Waals surface area (Å²) in [6.45, 7) is 2.04. The zero-order valence-electron chi connectivity index (χ0n) is 10.1. The minimum atomic E-state index is 0.305. The van der Waals surface area contributed by atoms with Crippen LogP contribution in [0.25, 0.3) is 11.4 Å². The van der Waals surface area contributed by atoms with Gasteiger partial charge in [-0.1, -0.05) is 29.8 Å². The smallest absolute Gasteiger partial charge is 0.321 e. The van der Waals surface area contributed by atoms with E-state index in [1.165, 1.54) is 12.7 Å². The van der Waals surface area contributed by atoms with Crippen LogP contribution in [0.1, 0.15) is 5.56 Å². The van der Waals surface area contributed by atoms with Crippen molar-refractivity contribution in [1.29, 1.82) is 0 Å². The summed E-state index contributed by atoms with van der Waals surface area (Å²) in [4.78, 5) is 12.6. The monoisotopic (exact) mass is 230 g/mol. The minimum Gasteiger partial charge on any atom is -0.467 e. The molecule has 0 bridgehead atoms. The van der Waals surface area contributed by atoms with Crippen molar-refractivity contribution in [2.24, 2.45) is 0 Å². The van der Waals surface area contributed by atoms with E-state index in [-0.39, 0.29) is 0 Å². The number of nitrogens with zero attached hydrogens (tertiary/aromatic N) is 3. The summed E-state index contributed by atoms with van der Waals surface area (Å²) in [6, 6.07) is 8.29. The van der Waals surface area contributed by atoms with Gasteiger partial charge in [0, 0.05) is 12.6 Å². The maximum Gasteiger partial charge on any atom is 0.321 e. The molecule has 2 rings (SSSR count). The molecule has 1 N–H and O–H groups in total. The lowest BCUT2D eigenvalue weighted by atomic mass is 10.1. The number of rotatable bonds is 3. The Morgan fingerprint density at radius 3 is 2.35 bits per heavy atom. The predicted molar refractivity (Wildman–Crippen MR) is 66.1 cm³/mol. The molecule has 0 fully saturated rings. The molecule has 0 aliphatic rings. The van der Waals surface area contributed by atoms with Gasteiger partial charge in [0.1, 0.15) is 0 Å². The number of nitrogens with one attached hydrogen (secondary N) is 1. The molecule has 88 valence electrons. The van der Waals surface area contributed by atoms with Crippen molar-refractivity contribution >= 4 is 5.95 Å². The van der Waals surface area contributed by atoms with Crippen molar-refractivity contribution in [2.45, 2.75) is 6.92 Å². The van der Waals surface area contributed by atoms with Crippen LogP contribution in [0, 0.1) is 6.92 Å². The molecular formula is C12H14N4O. The van der Waals surface area contributed by atoms with Crippen molar-refractivity contribution in [1.82, 2.24) is 15.0 Å². The number of hydrogen-bond acceptors (Lipinski definition) is 5. The molecule has 0 radical (unpaired) electrons.